The molecular formula is C20H39IN4O2S. The van der Waals surface area contributed by atoms with Gasteiger partial charge in [0.2, 0.25) is 0 Å². The topological polar surface area (TPSA) is 58.1 Å². The Hall–Kier alpha value is 0.230. The molecule has 0 aromatic carbocycles. The van der Waals surface area contributed by atoms with Gasteiger partial charge in [0.25, 0.3) is 0 Å². The predicted molar refractivity (Wildman–Crippen MR) is 129 cm³/mol. The zero-order valence-electron chi connectivity index (χ0n) is 17.4. The van der Waals surface area contributed by atoms with E-state index in [-0.39, 0.29) is 24.0 Å². The summed E-state index contributed by atoms with van der Waals surface area (Å²) in [7, 11) is 1.87. The average Bonchev–Trinajstić information content (AvgIpc) is 3.40. The summed E-state index contributed by atoms with van der Waals surface area (Å²) in [6.07, 6.45) is 7.51. The highest BCUT2D eigenvalue weighted by atomic mass is 127. The van der Waals surface area contributed by atoms with Crippen LogP contribution in [0.1, 0.15) is 38.5 Å². The summed E-state index contributed by atoms with van der Waals surface area (Å²) in [4.78, 5) is 7.17. The number of ether oxygens (including phenoxy) is 2. The van der Waals surface area contributed by atoms with Crippen LogP contribution in [-0.2, 0) is 9.47 Å². The highest BCUT2D eigenvalue weighted by molar-refractivity contribution is 14.0. The largest absolute Gasteiger partial charge is 0.381 e. The molecule has 164 valence electrons. The molecule has 0 aromatic rings. The molecule has 0 amide bonds. The number of guanidine groups is 1. The first-order chi connectivity index (χ1) is 13.3. The fourth-order valence-electron chi connectivity index (χ4n) is 4.49. The van der Waals surface area contributed by atoms with Gasteiger partial charge in [0.1, 0.15) is 0 Å². The molecule has 0 radical (unpaired) electrons. The van der Waals surface area contributed by atoms with Gasteiger partial charge in [-0.3, -0.25) is 9.89 Å². The van der Waals surface area contributed by atoms with Gasteiger partial charge in [-0.2, -0.15) is 11.8 Å². The van der Waals surface area contributed by atoms with Crippen LogP contribution in [0.3, 0.4) is 0 Å². The van der Waals surface area contributed by atoms with Crippen molar-refractivity contribution < 1.29 is 9.47 Å². The Bertz CT molecular complexity index is 451. The van der Waals surface area contributed by atoms with E-state index in [2.05, 4.69) is 32.3 Å². The summed E-state index contributed by atoms with van der Waals surface area (Å²) in [5.41, 5.74) is 0.338. The summed E-state index contributed by atoms with van der Waals surface area (Å²) >= 11 is 2.09. The van der Waals surface area contributed by atoms with Gasteiger partial charge >= 0.3 is 0 Å². The maximum atomic E-state index is 5.78. The van der Waals surface area contributed by atoms with Crippen LogP contribution >= 0.6 is 35.7 Å². The Balaban J connectivity index is 0.00000280. The zero-order chi connectivity index (χ0) is 18.8. The van der Waals surface area contributed by atoms with E-state index in [1.165, 1.54) is 50.3 Å². The molecule has 2 N–H and O–H groups in total. The molecule has 3 aliphatic rings. The van der Waals surface area contributed by atoms with E-state index < -0.39 is 0 Å². The van der Waals surface area contributed by atoms with Gasteiger partial charge in [0.05, 0.1) is 13.2 Å². The van der Waals surface area contributed by atoms with Gasteiger partial charge in [0.15, 0.2) is 5.96 Å². The van der Waals surface area contributed by atoms with Gasteiger partial charge in [-0.25, -0.2) is 0 Å². The zero-order valence-corrected chi connectivity index (χ0v) is 20.6. The maximum absolute atomic E-state index is 5.78. The minimum absolute atomic E-state index is 0. The van der Waals surface area contributed by atoms with Crippen molar-refractivity contribution in [1.29, 1.82) is 0 Å². The number of nitrogens with one attached hydrogen (secondary N) is 2. The first-order valence-electron chi connectivity index (χ1n) is 10.8. The molecule has 6 nitrogen and oxygen atoms in total. The summed E-state index contributed by atoms with van der Waals surface area (Å²) in [6, 6.07) is 0. The van der Waals surface area contributed by atoms with E-state index in [0.717, 1.165) is 58.3 Å². The SMILES string of the molecule is CN=C(NCCCOCC1CCOC1)NCC1(N2CCSCC2)CCCC1.I. The Morgan fingerprint density at radius 3 is 2.71 bits per heavy atom. The van der Waals surface area contributed by atoms with E-state index in [4.69, 9.17) is 9.47 Å². The van der Waals surface area contributed by atoms with Crippen LogP contribution in [0.15, 0.2) is 4.99 Å². The third-order valence-electron chi connectivity index (χ3n) is 6.16. The molecule has 8 heteroatoms. The standard InChI is InChI=1S/C20H38N4O2S.HI/c1-21-19(22-8-4-11-25-15-18-5-12-26-16-18)23-17-20(6-2-3-7-20)24-9-13-27-14-10-24;/h18H,2-17H2,1H3,(H2,21,22,23);1H. The highest BCUT2D eigenvalue weighted by Crippen LogP contribution is 2.36. The van der Waals surface area contributed by atoms with Crippen LogP contribution in [0.25, 0.3) is 0 Å². The van der Waals surface area contributed by atoms with Gasteiger partial charge in [-0.05, 0) is 25.7 Å². The molecule has 1 saturated carbocycles. The van der Waals surface area contributed by atoms with Crippen LogP contribution in [0.2, 0.25) is 0 Å². The highest BCUT2D eigenvalue weighted by Gasteiger charge is 2.39. The molecule has 0 spiro atoms. The molecule has 2 aliphatic heterocycles. The molecule has 2 heterocycles. The lowest BCUT2D eigenvalue weighted by Gasteiger charge is -2.43. The second-order valence-electron chi connectivity index (χ2n) is 8.04. The number of aliphatic imine (C=N–C) groups is 1. The van der Waals surface area contributed by atoms with Crippen LogP contribution in [-0.4, -0.2) is 87.6 Å². The van der Waals surface area contributed by atoms with E-state index >= 15 is 0 Å². The Labute approximate surface area is 192 Å². The van der Waals surface area contributed by atoms with Gasteiger partial charge in [-0.15, -0.1) is 24.0 Å². The first kappa shape index (κ1) is 24.5. The van der Waals surface area contributed by atoms with Crippen LogP contribution in [0, 0.1) is 5.92 Å². The molecule has 3 fully saturated rings. The summed E-state index contributed by atoms with van der Waals surface area (Å²) < 4.78 is 11.2. The monoisotopic (exact) mass is 526 g/mol. The van der Waals surface area contributed by atoms with Gasteiger partial charge in [-0.1, -0.05) is 12.8 Å². The van der Waals surface area contributed by atoms with Crippen LogP contribution in [0.4, 0.5) is 0 Å². The van der Waals surface area contributed by atoms with E-state index in [1.54, 1.807) is 0 Å². The second-order valence-corrected chi connectivity index (χ2v) is 9.27. The normalized spacial score (nSPS) is 25.5. The van der Waals surface area contributed by atoms with Crippen molar-refractivity contribution in [2.75, 3.05) is 71.2 Å². The summed E-state index contributed by atoms with van der Waals surface area (Å²) in [6.45, 7) is 7.79. The van der Waals surface area contributed by atoms with Crippen molar-refractivity contribution in [3.8, 4) is 0 Å². The second kappa shape index (κ2) is 13.5. The third-order valence-corrected chi connectivity index (χ3v) is 7.10. The van der Waals surface area contributed by atoms with Crippen molar-refractivity contribution in [2.45, 2.75) is 44.1 Å². The fourth-order valence-corrected chi connectivity index (χ4v) is 5.39. The molecule has 1 aliphatic carbocycles. The minimum atomic E-state index is 0. The quantitative estimate of drug-likeness (QED) is 0.209. The molecule has 2 saturated heterocycles. The molecule has 1 atom stereocenters. The molecular weight excluding hydrogens is 487 g/mol. The average molecular weight is 527 g/mol. The number of halogens is 1. The molecule has 1 unspecified atom stereocenters. The Morgan fingerprint density at radius 1 is 1.25 bits per heavy atom. The minimum Gasteiger partial charge on any atom is -0.381 e. The van der Waals surface area contributed by atoms with Crippen molar-refractivity contribution in [1.82, 2.24) is 15.5 Å². The lowest BCUT2D eigenvalue weighted by Crippen LogP contribution is -2.57. The third kappa shape index (κ3) is 7.49. The van der Waals surface area contributed by atoms with E-state index in [0.29, 0.717) is 11.5 Å². The summed E-state index contributed by atoms with van der Waals surface area (Å²) in [5.74, 6) is 4.09. The maximum Gasteiger partial charge on any atom is 0.191 e. The van der Waals surface area contributed by atoms with Gasteiger partial charge in [0, 0.05) is 69.4 Å². The Kier molecular flexibility index (Phi) is 11.8. The summed E-state index contributed by atoms with van der Waals surface area (Å²) in [5, 5.41) is 7.07. The number of rotatable bonds is 9. The number of hydrogen-bond acceptors (Lipinski definition) is 5. The Morgan fingerprint density at radius 2 is 2.04 bits per heavy atom. The van der Waals surface area contributed by atoms with Crippen molar-refractivity contribution in [3.05, 3.63) is 0 Å². The first-order valence-corrected chi connectivity index (χ1v) is 11.9. The number of hydrogen-bond donors (Lipinski definition) is 2. The predicted octanol–water partition coefficient (Wildman–Crippen LogP) is 2.57. The molecule has 0 aromatic heterocycles. The lowest BCUT2D eigenvalue weighted by atomic mass is 9.94. The van der Waals surface area contributed by atoms with Crippen molar-refractivity contribution >= 4 is 41.7 Å². The van der Waals surface area contributed by atoms with Gasteiger partial charge < -0.3 is 20.1 Å². The molecule has 0 bridgehead atoms. The smallest absolute Gasteiger partial charge is 0.191 e. The van der Waals surface area contributed by atoms with E-state index in [1.807, 2.05) is 7.05 Å². The van der Waals surface area contributed by atoms with Crippen molar-refractivity contribution in [3.63, 3.8) is 0 Å². The number of nitrogens with zero attached hydrogens (tertiary/aromatic N) is 2. The molecule has 28 heavy (non-hydrogen) atoms. The lowest BCUT2D eigenvalue weighted by molar-refractivity contribution is 0.0887. The number of thioether (sulfide) groups is 1. The van der Waals surface area contributed by atoms with Crippen LogP contribution in [0.5, 0.6) is 0 Å². The van der Waals surface area contributed by atoms with Crippen LogP contribution < -0.4 is 10.6 Å². The fraction of sp³-hybridized carbons (Fsp3) is 0.950. The van der Waals surface area contributed by atoms with Crippen molar-refractivity contribution in [2.24, 2.45) is 10.9 Å². The molecule has 3 rings (SSSR count). The van der Waals surface area contributed by atoms with E-state index in [9.17, 15) is 0 Å².